The number of methoxy groups -OCH3 is 2. The Labute approximate surface area is 227 Å². The van der Waals surface area contributed by atoms with Gasteiger partial charge in [-0.25, -0.2) is 4.79 Å². The van der Waals surface area contributed by atoms with Gasteiger partial charge in [-0.1, -0.05) is 0 Å². The van der Waals surface area contributed by atoms with E-state index in [-0.39, 0.29) is 17.3 Å². The van der Waals surface area contributed by atoms with Crippen LogP contribution in [0, 0.1) is 0 Å². The lowest BCUT2D eigenvalue weighted by molar-refractivity contribution is -0.274. The minimum Gasteiger partial charge on any atom is -0.497 e. The molecular formula is C26H29F3N4O5S. The summed E-state index contributed by atoms with van der Waals surface area (Å²) in [5.74, 6) is -0.0289. The summed E-state index contributed by atoms with van der Waals surface area (Å²) in [5, 5.41) is 7.20. The lowest BCUT2D eigenvalue weighted by atomic mass is 10.1. The standard InChI is InChI=1S/C26H29F3N4O5S/c1-4-30-24(35)31-13-5-6-14-33-21(17-7-9-18(10-8-17)38-26(27,28)29)16-39-25(33)32-23(34)20-12-11-19(36-2)15-22(20)37-3/h7-12,15-16H,4-6,13-14H2,1-3H3,(H2,30,31,35)/b32-25-. The zero-order valence-corrected chi connectivity index (χ0v) is 22.4. The normalized spacial score (nSPS) is 11.7. The van der Waals surface area contributed by atoms with E-state index < -0.39 is 12.3 Å². The number of nitrogens with one attached hydrogen (secondary N) is 2. The van der Waals surface area contributed by atoms with Crippen LogP contribution in [0.25, 0.3) is 11.3 Å². The van der Waals surface area contributed by atoms with Crippen LogP contribution in [-0.2, 0) is 6.54 Å². The smallest absolute Gasteiger partial charge is 0.497 e. The van der Waals surface area contributed by atoms with Crippen LogP contribution < -0.4 is 29.6 Å². The third kappa shape index (κ3) is 8.50. The van der Waals surface area contributed by atoms with Gasteiger partial charge in [0.2, 0.25) is 0 Å². The maximum absolute atomic E-state index is 13.1. The summed E-state index contributed by atoms with van der Waals surface area (Å²) >= 11 is 1.22. The molecule has 0 radical (unpaired) electrons. The number of benzene rings is 2. The molecule has 13 heteroatoms. The molecule has 2 N–H and O–H groups in total. The molecule has 0 aliphatic carbocycles. The van der Waals surface area contributed by atoms with Gasteiger partial charge in [0.25, 0.3) is 5.91 Å². The molecule has 0 spiro atoms. The number of hydrogen-bond acceptors (Lipinski definition) is 6. The second-order valence-corrected chi connectivity index (χ2v) is 8.94. The van der Waals surface area contributed by atoms with Gasteiger partial charge in [-0.3, -0.25) is 4.79 Å². The molecule has 1 heterocycles. The molecule has 0 bridgehead atoms. The van der Waals surface area contributed by atoms with Crippen LogP contribution in [-0.4, -0.2) is 50.2 Å². The van der Waals surface area contributed by atoms with Crippen LogP contribution in [0.1, 0.15) is 30.1 Å². The number of hydrogen-bond donors (Lipinski definition) is 2. The van der Waals surface area contributed by atoms with Gasteiger partial charge in [-0.2, -0.15) is 4.99 Å². The van der Waals surface area contributed by atoms with E-state index in [1.807, 2.05) is 11.5 Å². The number of halogens is 3. The molecule has 3 aromatic rings. The maximum Gasteiger partial charge on any atom is 0.573 e. The van der Waals surface area contributed by atoms with E-state index in [1.54, 1.807) is 23.6 Å². The van der Waals surface area contributed by atoms with Gasteiger partial charge in [0.1, 0.15) is 17.2 Å². The fraction of sp³-hybridized carbons (Fsp3) is 0.346. The second-order valence-electron chi connectivity index (χ2n) is 8.10. The Hall–Kier alpha value is -4.00. The number of ether oxygens (including phenoxy) is 3. The van der Waals surface area contributed by atoms with E-state index in [0.717, 1.165) is 0 Å². The molecule has 39 heavy (non-hydrogen) atoms. The maximum atomic E-state index is 13.1. The molecule has 0 saturated carbocycles. The van der Waals surface area contributed by atoms with Crippen molar-refractivity contribution >= 4 is 23.3 Å². The Kier molecular flexibility index (Phi) is 10.4. The summed E-state index contributed by atoms with van der Waals surface area (Å²) in [6, 6.07) is 10.00. The van der Waals surface area contributed by atoms with E-state index in [2.05, 4.69) is 20.4 Å². The molecule has 0 aliphatic heterocycles. The van der Waals surface area contributed by atoms with Gasteiger partial charge in [0.15, 0.2) is 4.80 Å². The molecule has 0 atom stereocenters. The van der Waals surface area contributed by atoms with E-state index in [9.17, 15) is 22.8 Å². The third-order valence-electron chi connectivity index (χ3n) is 5.45. The monoisotopic (exact) mass is 566 g/mol. The lowest BCUT2D eigenvalue weighted by Crippen LogP contribution is -2.35. The van der Waals surface area contributed by atoms with Crippen LogP contribution in [0.3, 0.4) is 0 Å². The molecule has 2 aromatic carbocycles. The highest BCUT2D eigenvalue weighted by atomic mass is 32.1. The molecule has 0 fully saturated rings. The minimum absolute atomic E-state index is 0.250. The third-order valence-corrected chi connectivity index (χ3v) is 6.31. The molecule has 3 rings (SSSR count). The van der Waals surface area contributed by atoms with Crippen LogP contribution in [0.2, 0.25) is 0 Å². The zero-order valence-electron chi connectivity index (χ0n) is 21.6. The SMILES string of the molecule is CCNC(=O)NCCCCn1c(-c2ccc(OC(F)(F)F)cc2)cs/c1=N\C(=O)c1ccc(OC)cc1OC. The minimum atomic E-state index is -4.79. The number of thiazole rings is 1. The number of amides is 3. The number of nitrogens with zero attached hydrogens (tertiary/aromatic N) is 2. The molecule has 3 amide bonds. The van der Waals surface area contributed by atoms with Gasteiger partial charge in [0, 0.05) is 31.1 Å². The second kappa shape index (κ2) is 13.7. The number of unbranched alkanes of at least 4 members (excludes halogenated alkanes) is 1. The van der Waals surface area contributed by atoms with Crippen molar-refractivity contribution in [3.63, 3.8) is 0 Å². The lowest BCUT2D eigenvalue weighted by Gasteiger charge is -2.12. The van der Waals surface area contributed by atoms with Gasteiger partial charge < -0.3 is 29.4 Å². The first-order chi connectivity index (χ1) is 18.6. The summed E-state index contributed by atoms with van der Waals surface area (Å²) < 4.78 is 54.0. The average Bonchev–Trinajstić information content (AvgIpc) is 3.29. The van der Waals surface area contributed by atoms with Gasteiger partial charge in [0.05, 0.1) is 25.5 Å². The van der Waals surface area contributed by atoms with Crippen molar-refractivity contribution in [3.05, 3.63) is 58.2 Å². The van der Waals surface area contributed by atoms with Gasteiger partial charge in [-0.05, 0) is 61.7 Å². The quantitative estimate of drug-likeness (QED) is 0.319. The first kappa shape index (κ1) is 29.6. The molecule has 0 aliphatic rings. The molecule has 210 valence electrons. The molecule has 0 saturated heterocycles. The summed E-state index contributed by atoms with van der Waals surface area (Å²) in [4.78, 5) is 29.5. The van der Waals surface area contributed by atoms with Crippen molar-refractivity contribution in [2.75, 3.05) is 27.3 Å². The summed E-state index contributed by atoms with van der Waals surface area (Å²) in [6.45, 7) is 3.24. The van der Waals surface area contributed by atoms with Crippen molar-refractivity contribution in [1.29, 1.82) is 0 Å². The van der Waals surface area contributed by atoms with Crippen LogP contribution in [0.5, 0.6) is 17.2 Å². The predicted octanol–water partition coefficient (Wildman–Crippen LogP) is 4.97. The number of carbonyl (C=O) groups is 2. The Morgan fingerprint density at radius 1 is 1.00 bits per heavy atom. The fourth-order valence-electron chi connectivity index (χ4n) is 3.64. The average molecular weight is 567 g/mol. The zero-order chi connectivity index (χ0) is 28.4. The number of alkyl halides is 3. The van der Waals surface area contributed by atoms with Gasteiger partial charge >= 0.3 is 12.4 Å². The Morgan fingerprint density at radius 3 is 2.36 bits per heavy atom. The first-order valence-electron chi connectivity index (χ1n) is 12.0. The summed E-state index contributed by atoms with van der Waals surface area (Å²) in [6.07, 6.45) is -3.50. The Balaban J connectivity index is 1.90. The van der Waals surface area contributed by atoms with Crippen molar-refractivity contribution in [1.82, 2.24) is 15.2 Å². The van der Waals surface area contributed by atoms with Crippen LogP contribution >= 0.6 is 11.3 Å². The number of aromatic nitrogens is 1. The first-order valence-corrected chi connectivity index (χ1v) is 12.9. The topological polar surface area (TPSA) is 103 Å². The number of carbonyl (C=O) groups excluding carboxylic acids is 2. The Morgan fingerprint density at radius 2 is 1.72 bits per heavy atom. The van der Waals surface area contributed by atoms with Crippen LogP contribution in [0.15, 0.2) is 52.8 Å². The van der Waals surface area contributed by atoms with Crippen LogP contribution in [0.4, 0.5) is 18.0 Å². The highest BCUT2D eigenvalue weighted by molar-refractivity contribution is 7.07. The fourth-order valence-corrected chi connectivity index (χ4v) is 4.57. The van der Waals surface area contributed by atoms with Crippen molar-refractivity contribution in [2.24, 2.45) is 4.99 Å². The van der Waals surface area contributed by atoms with Crippen molar-refractivity contribution in [3.8, 4) is 28.5 Å². The molecule has 0 unspecified atom stereocenters. The predicted molar refractivity (Wildman–Crippen MR) is 140 cm³/mol. The van der Waals surface area contributed by atoms with Gasteiger partial charge in [-0.15, -0.1) is 24.5 Å². The summed E-state index contributed by atoms with van der Waals surface area (Å²) in [5.41, 5.74) is 1.54. The summed E-state index contributed by atoms with van der Waals surface area (Å²) in [7, 11) is 2.94. The molecular weight excluding hydrogens is 537 g/mol. The molecule has 9 nitrogen and oxygen atoms in total. The Bertz CT molecular complexity index is 1340. The molecule has 1 aromatic heterocycles. The largest absolute Gasteiger partial charge is 0.573 e. The highest BCUT2D eigenvalue weighted by Crippen LogP contribution is 2.28. The number of rotatable bonds is 11. The van der Waals surface area contributed by atoms with Crippen molar-refractivity contribution < 1.29 is 37.0 Å². The van der Waals surface area contributed by atoms with E-state index in [1.165, 1.54) is 49.8 Å². The van der Waals surface area contributed by atoms with E-state index >= 15 is 0 Å². The highest BCUT2D eigenvalue weighted by Gasteiger charge is 2.31. The van der Waals surface area contributed by atoms with Crippen molar-refractivity contribution in [2.45, 2.75) is 32.7 Å². The number of urea groups is 1. The van der Waals surface area contributed by atoms with E-state index in [4.69, 9.17) is 9.47 Å². The van der Waals surface area contributed by atoms with E-state index in [0.29, 0.717) is 60.0 Å².